The maximum atomic E-state index is 6.29. The highest BCUT2D eigenvalue weighted by Crippen LogP contribution is 2.51. The quantitative estimate of drug-likeness (QED) is 0.798. The summed E-state index contributed by atoms with van der Waals surface area (Å²) < 4.78 is 6.14. The van der Waals surface area contributed by atoms with Crippen LogP contribution in [0, 0.1) is 11.3 Å². The van der Waals surface area contributed by atoms with Crippen molar-refractivity contribution in [3.05, 3.63) is 0 Å². The molecule has 16 heavy (non-hydrogen) atoms. The fourth-order valence-electron chi connectivity index (χ4n) is 3.63. The van der Waals surface area contributed by atoms with Crippen LogP contribution in [0.4, 0.5) is 0 Å². The van der Waals surface area contributed by atoms with Crippen molar-refractivity contribution in [1.29, 1.82) is 0 Å². The zero-order valence-electron chi connectivity index (χ0n) is 10.3. The van der Waals surface area contributed by atoms with Crippen molar-refractivity contribution in [3.63, 3.8) is 0 Å². The summed E-state index contributed by atoms with van der Waals surface area (Å²) in [4.78, 5) is 0. The molecule has 3 aliphatic carbocycles. The molecule has 0 radical (unpaired) electrons. The summed E-state index contributed by atoms with van der Waals surface area (Å²) in [6.07, 6.45) is 12.6. The Balaban J connectivity index is 1.59. The van der Waals surface area contributed by atoms with Crippen LogP contribution in [0.3, 0.4) is 0 Å². The SMILES string of the molecule is NC1CC(OCC2CC2)C12CCCCCC2. The van der Waals surface area contributed by atoms with Crippen LogP contribution < -0.4 is 5.73 Å². The Bertz CT molecular complexity index is 241. The molecule has 3 rings (SSSR count). The lowest BCUT2D eigenvalue weighted by molar-refractivity contribution is -0.136. The van der Waals surface area contributed by atoms with Gasteiger partial charge in [-0.25, -0.2) is 0 Å². The van der Waals surface area contributed by atoms with E-state index in [1.165, 1.54) is 51.4 Å². The van der Waals surface area contributed by atoms with E-state index in [0.717, 1.165) is 18.9 Å². The summed E-state index contributed by atoms with van der Waals surface area (Å²) in [5, 5.41) is 0. The molecule has 2 unspecified atom stereocenters. The first-order chi connectivity index (χ1) is 7.81. The van der Waals surface area contributed by atoms with Gasteiger partial charge in [-0.05, 0) is 38.0 Å². The van der Waals surface area contributed by atoms with E-state index < -0.39 is 0 Å². The largest absolute Gasteiger partial charge is 0.377 e. The van der Waals surface area contributed by atoms with E-state index in [1.54, 1.807) is 0 Å². The van der Waals surface area contributed by atoms with Crippen LogP contribution in [0.1, 0.15) is 57.8 Å². The van der Waals surface area contributed by atoms with Crippen molar-refractivity contribution >= 4 is 0 Å². The minimum Gasteiger partial charge on any atom is -0.377 e. The third kappa shape index (κ3) is 1.91. The van der Waals surface area contributed by atoms with Gasteiger partial charge in [-0.2, -0.15) is 0 Å². The monoisotopic (exact) mass is 223 g/mol. The van der Waals surface area contributed by atoms with Crippen molar-refractivity contribution in [1.82, 2.24) is 0 Å². The van der Waals surface area contributed by atoms with Gasteiger partial charge in [0.2, 0.25) is 0 Å². The summed E-state index contributed by atoms with van der Waals surface area (Å²) in [7, 11) is 0. The summed E-state index contributed by atoms with van der Waals surface area (Å²) in [6.45, 7) is 1.01. The second-order valence-corrected chi connectivity index (χ2v) is 6.25. The molecule has 92 valence electrons. The molecule has 3 saturated carbocycles. The van der Waals surface area contributed by atoms with Crippen molar-refractivity contribution in [3.8, 4) is 0 Å². The molecule has 3 aliphatic rings. The first-order valence-corrected chi connectivity index (χ1v) is 7.18. The van der Waals surface area contributed by atoms with Crippen LogP contribution in [0.15, 0.2) is 0 Å². The Hall–Kier alpha value is -0.0800. The third-order valence-corrected chi connectivity index (χ3v) is 5.11. The van der Waals surface area contributed by atoms with Gasteiger partial charge < -0.3 is 10.5 Å². The zero-order valence-corrected chi connectivity index (χ0v) is 10.3. The maximum Gasteiger partial charge on any atom is 0.0661 e. The molecule has 0 aliphatic heterocycles. The molecule has 0 bridgehead atoms. The van der Waals surface area contributed by atoms with Gasteiger partial charge in [0.05, 0.1) is 6.10 Å². The number of nitrogens with two attached hydrogens (primary N) is 1. The first-order valence-electron chi connectivity index (χ1n) is 7.18. The molecular formula is C14H25NO. The lowest BCUT2D eigenvalue weighted by Crippen LogP contribution is -2.62. The summed E-state index contributed by atoms with van der Waals surface area (Å²) >= 11 is 0. The third-order valence-electron chi connectivity index (χ3n) is 5.11. The van der Waals surface area contributed by atoms with E-state index in [-0.39, 0.29) is 0 Å². The average molecular weight is 223 g/mol. The Morgan fingerprint density at radius 2 is 1.75 bits per heavy atom. The van der Waals surface area contributed by atoms with Crippen molar-refractivity contribution in [2.75, 3.05) is 6.61 Å². The van der Waals surface area contributed by atoms with Gasteiger partial charge in [0, 0.05) is 18.1 Å². The van der Waals surface area contributed by atoms with Gasteiger partial charge in [0.25, 0.3) is 0 Å². The molecule has 2 nitrogen and oxygen atoms in total. The number of hydrogen-bond acceptors (Lipinski definition) is 2. The highest BCUT2D eigenvalue weighted by atomic mass is 16.5. The molecule has 0 saturated heterocycles. The van der Waals surface area contributed by atoms with Crippen molar-refractivity contribution in [2.24, 2.45) is 17.1 Å². The van der Waals surface area contributed by atoms with E-state index >= 15 is 0 Å². The zero-order chi connectivity index (χ0) is 11.0. The van der Waals surface area contributed by atoms with Crippen molar-refractivity contribution in [2.45, 2.75) is 69.9 Å². The topological polar surface area (TPSA) is 35.2 Å². The second-order valence-electron chi connectivity index (χ2n) is 6.25. The van der Waals surface area contributed by atoms with Gasteiger partial charge in [-0.3, -0.25) is 0 Å². The Kier molecular flexibility index (Phi) is 2.97. The molecular weight excluding hydrogens is 198 g/mol. The molecule has 2 N–H and O–H groups in total. The standard InChI is InChI=1S/C14H25NO/c15-12-9-13(16-10-11-5-6-11)14(12)7-3-1-2-4-8-14/h11-13H,1-10,15H2. The Morgan fingerprint density at radius 1 is 1.06 bits per heavy atom. The summed E-state index contributed by atoms with van der Waals surface area (Å²) in [5.74, 6) is 0.889. The Morgan fingerprint density at radius 3 is 2.31 bits per heavy atom. The van der Waals surface area contributed by atoms with Crippen LogP contribution in [-0.4, -0.2) is 18.8 Å². The van der Waals surface area contributed by atoms with E-state index in [4.69, 9.17) is 10.5 Å². The van der Waals surface area contributed by atoms with Crippen LogP contribution in [0.5, 0.6) is 0 Å². The number of ether oxygens (including phenoxy) is 1. The molecule has 3 fully saturated rings. The number of rotatable bonds is 3. The molecule has 2 heteroatoms. The van der Waals surface area contributed by atoms with E-state index in [1.807, 2.05) is 0 Å². The normalized spacial score (nSPS) is 38.1. The molecule has 0 amide bonds. The molecule has 2 atom stereocenters. The predicted molar refractivity (Wildman–Crippen MR) is 65.2 cm³/mol. The molecule has 0 aromatic heterocycles. The summed E-state index contributed by atoms with van der Waals surface area (Å²) in [6, 6.07) is 0.426. The first kappa shape index (κ1) is 11.0. The second kappa shape index (κ2) is 4.30. The summed E-state index contributed by atoms with van der Waals surface area (Å²) in [5.41, 5.74) is 6.67. The molecule has 0 heterocycles. The van der Waals surface area contributed by atoms with E-state index in [2.05, 4.69) is 0 Å². The van der Waals surface area contributed by atoms with Crippen LogP contribution >= 0.6 is 0 Å². The average Bonchev–Trinajstić information content (AvgIpc) is 3.10. The number of hydrogen-bond donors (Lipinski definition) is 1. The maximum absolute atomic E-state index is 6.29. The Labute approximate surface area is 98.9 Å². The highest BCUT2D eigenvalue weighted by molar-refractivity contribution is 5.07. The smallest absolute Gasteiger partial charge is 0.0661 e. The lowest BCUT2D eigenvalue weighted by Gasteiger charge is -2.54. The van der Waals surface area contributed by atoms with Gasteiger partial charge >= 0.3 is 0 Å². The van der Waals surface area contributed by atoms with Gasteiger partial charge in [0.1, 0.15) is 0 Å². The molecule has 0 aromatic rings. The van der Waals surface area contributed by atoms with Crippen LogP contribution in [-0.2, 0) is 4.74 Å². The minimum absolute atomic E-state index is 0.380. The van der Waals surface area contributed by atoms with Gasteiger partial charge in [-0.15, -0.1) is 0 Å². The van der Waals surface area contributed by atoms with E-state index in [0.29, 0.717) is 17.6 Å². The van der Waals surface area contributed by atoms with Gasteiger partial charge in [0.15, 0.2) is 0 Å². The predicted octanol–water partition coefficient (Wildman–Crippen LogP) is 2.85. The molecule has 0 aromatic carbocycles. The van der Waals surface area contributed by atoms with Crippen molar-refractivity contribution < 1.29 is 4.74 Å². The fourth-order valence-corrected chi connectivity index (χ4v) is 3.63. The lowest BCUT2D eigenvalue weighted by atomic mass is 9.58. The minimum atomic E-state index is 0.380. The van der Waals surface area contributed by atoms with Gasteiger partial charge in [-0.1, -0.05) is 25.7 Å². The van der Waals surface area contributed by atoms with Crippen LogP contribution in [0.2, 0.25) is 0 Å². The van der Waals surface area contributed by atoms with Crippen LogP contribution in [0.25, 0.3) is 0 Å². The highest BCUT2D eigenvalue weighted by Gasteiger charge is 2.53. The fraction of sp³-hybridized carbons (Fsp3) is 1.00. The molecule has 1 spiro atoms. The van der Waals surface area contributed by atoms with E-state index in [9.17, 15) is 0 Å².